The average Bonchev–Trinajstić information content (AvgIpc) is 2.91. The van der Waals surface area contributed by atoms with E-state index in [1.807, 2.05) is 24.0 Å². The highest BCUT2D eigenvalue weighted by Gasteiger charge is 2.27. The van der Waals surface area contributed by atoms with Crippen molar-refractivity contribution in [2.45, 2.75) is 13.3 Å². The molecule has 1 aromatic rings. The number of methoxy groups -OCH3 is 1. The Bertz CT molecular complexity index is 450. The molecule has 0 bridgehead atoms. The number of hydrogen-bond donors (Lipinski definition) is 0. The third kappa shape index (κ3) is 4.02. The van der Waals surface area contributed by atoms with Crippen molar-refractivity contribution in [3.63, 3.8) is 0 Å². The Morgan fingerprint density at radius 2 is 2.30 bits per heavy atom. The van der Waals surface area contributed by atoms with Gasteiger partial charge in [0.1, 0.15) is 5.69 Å². The molecule has 1 saturated heterocycles. The summed E-state index contributed by atoms with van der Waals surface area (Å²) < 4.78 is 10.5. The van der Waals surface area contributed by atoms with Gasteiger partial charge in [-0.3, -0.25) is 4.79 Å². The predicted molar refractivity (Wildman–Crippen MR) is 75.7 cm³/mol. The first-order valence-corrected chi connectivity index (χ1v) is 7.00. The van der Waals surface area contributed by atoms with E-state index >= 15 is 0 Å². The Hall–Kier alpha value is -1.46. The second kappa shape index (κ2) is 7.36. The van der Waals surface area contributed by atoms with Gasteiger partial charge >= 0.3 is 0 Å². The lowest BCUT2D eigenvalue weighted by Gasteiger charge is -2.16. The van der Waals surface area contributed by atoms with Gasteiger partial charge in [0.15, 0.2) is 0 Å². The minimum atomic E-state index is 0.0214. The minimum Gasteiger partial charge on any atom is -0.382 e. The zero-order valence-electron chi connectivity index (χ0n) is 12.2. The summed E-state index contributed by atoms with van der Waals surface area (Å²) in [6.07, 6.45) is 0.991. The summed E-state index contributed by atoms with van der Waals surface area (Å²) in [5, 5.41) is 0. The number of ether oxygens (including phenoxy) is 2. The van der Waals surface area contributed by atoms with E-state index in [9.17, 15) is 4.79 Å². The normalized spacial score (nSPS) is 18.5. The molecular formula is C15H22N2O3. The van der Waals surface area contributed by atoms with Crippen LogP contribution in [0.2, 0.25) is 0 Å². The largest absolute Gasteiger partial charge is 0.382 e. The molecule has 0 spiro atoms. The van der Waals surface area contributed by atoms with Crippen molar-refractivity contribution in [2.75, 3.05) is 40.0 Å². The van der Waals surface area contributed by atoms with E-state index in [4.69, 9.17) is 9.47 Å². The van der Waals surface area contributed by atoms with E-state index in [1.165, 1.54) is 0 Å². The molecule has 1 aliphatic rings. The van der Waals surface area contributed by atoms with Crippen molar-refractivity contribution in [1.29, 1.82) is 0 Å². The van der Waals surface area contributed by atoms with Gasteiger partial charge in [-0.1, -0.05) is 6.07 Å². The highest BCUT2D eigenvalue weighted by Crippen LogP contribution is 2.18. The van der Waals surface area contributed by atoms with Crippen LogP contribution in [-0.4, -0.2) is 55.8 Å². The number of likely N-dealkylation sites (tertiary alicyclic amines) is 1. The van der Waals surface area contributed by atoms with Crippen molar-refractivity contribution in [3.05, 3.63) is 29.6 Å². The maximum absolute atomic E-state index is 12.3. The molecule has 2 heterocycles. The molecule has 1 aliphatic heterocycles. The van der Waals surface area contributed by atoms with Crippen molar-refractivity contribution >= 4 is 5.91 Å². The SMILES string of the molecule is COCCOC[C@H]1CCN(C(=O)c2cccc(C)n2)C1. The molecule has 110 valence electrons. The molecule has 2 rings (SSSR count). The van der Waals surface area contributed by atoms with Crippen molar-refractivity contribution < 1.29 is 14.3 Å². The number of amides is 1. The molecule has 1 aromatic heterocycles. The van der Waals surface area contributed by atoms with Crippen LogP contribution in [-0.2, 0) is 9.47 Å². The Kier molecular flexibility index (Phi) is 5.49. The summed E-state index contributed by atoms with van der Waals surface area (Å²) in [7, 11) is 1.66. The Morgan fingerprint density at radius 1 is 1.45 bits per heavy atom. The number of carbonyl (C=O) groups is 1. The minimum absolute atomic E-state index is 0.0214. The monoisotopic (exact) mass is 278 g/mol. The van der Waals surface area contributed by atoms with E-state index in [-0.39, 0.29) is 5.91 Å². The van der Waals surface area contributed by atoms with E-state index in [0.717, 1.165) is 25.2 Å². The van der Waals surface area contributed by atoms with E-state index in [0.29, 0.717) is 31.4 Å². The standard InChI is InChI=1S/C15H22N2O3/c1-12-4-3-5-14(16-12)15(18)17-7-6-13(10-17)11-20-9-8-19-2/h3-5,13H,6-11H2,1-2H3/t13-/m0/s1. The summed E-state index contributed by atoms with van der Waals surface area (Å²) in [6.45, 7) is 5.35. The number of aryl methyl sites for hydroxylation is 1. The van der Waals surface area contributed by atoms with Crippen LogP contribution in [0.3, 0.4) is 0 Å². The van der Waals surface area contributed by atoms with Gasteiger partial charge in [0.2, 0.25) is 0 Å². The molecule has 1 amide bonds. The lowest BCUT2D eigenvalue weighted by Crippen LogP contribution is -2.30. The second-order valence-corrected chi connectivity index (χ2v) is 5.14. The lowest BCUT2D eigenvalue weighted by atomic mass is 10.1. The second-order valence-electron chi connectivity index (χ2n) is 5.14. The maximum atomic E-state index is 12.3. The molecule has 1 atom stereocenters. The van der Waals surface area contributed by atoms with Gasteiger partial charge in [-0.15, -0.1) is 0 Å². The van der Waals surface area contributed by atoms with Gasteiger partial charge in [0.25, 0.3) is 5.91 Å². The van der Waals surface area contributed by atoms with Gasteiger partial charge in [-0.05, 0) is 25.5 Å². The molecule has 0 unspecified atom stereocenters. The molecule has 0 aromatic carbocycles. The number of hydrogen-bond acceptors (Lipinski definition) is 4. The summed E-state index contributed by atoms with van der Waals surface area (Å²) in [6, 6.07) is 5.54. The first-order chi connectivity index (χ1) is 9.70. The number of nitrogens with zero attached hydrogens (tertiary/aromatic N) is 2. The van der Waals surface area contributed by atoms with Crippen molar-refractivity contribution in [1.82, 2.24) is 9.88 Å². The molecule has 5 nitrogen and oxygen atoms in total. The third-order valence-electron chi connectivity index (χ3n) is 3.47. The molecule has 0 aliphatic carbocycles. The van der Waals surface area contributed by atoms with Crippen LogP contribution in [0, 0.1) is 12.8 Å². The van der Waals surface area contributed by atoms with Gasteiger partial charge < -0.3 is 14.4 Å². The average molecular weight is 278 g/mol. The number of rotatable bonds is 6. The smallest absolute Gasteiger partial charge is 0.272 e. The molecular weight excluding hydrogens is 256 g/mol. The summed E-state index contributed by atoms with van der Waals surface area (Å²) in [5.74, 6) is 0.439. The fourth-order valence-corrected chi connectivity index (χ4v) is 2.37. The molecule has 0 saturated carbocycles. The number of pyridine rings is 1. The molecule has 0 N–H and O–H groups in total. The van der Waals surface area contributed by atoms with Crippen LogP contribution in [0.5, 0.6) is 0 Å². The molecule has 1 fully saturated rings. The Labute approximate surface area is 119 Å². The quantitative estimate of drug-likeness (QED) is 0.740. The maximum Gasteiger partial charge on any atom is 0.272 e. The molecule has 20 heavy (non-hydrogen) atoms. The Balaban J connectivity index is 1.81. The van der Waals surface area contributed by atoms with Crippen LogP contribution >= 0.6 is 0 Å². The molecule has 0 radical (unpaired) electrons. The van der Waals surface area contributed by atoms with E-state index in [1.54, 1.807) is 13.2 Å². The van der Waals surface area contributed by atoms with Crippen LogP contribution < -0.4 is 0 Å². The topological polar surface area (TPSA) is 51.7 Å². The number of aromatic nitrogens is 1. The highest BCUT2D eigenvalue weighted by molar-refractivity contribution is 5.92. The van der Waals surface area contributed by atoms with Gasteiger partial charge in [0.05, 0.1) is 19.8 Å². The summed E-state index contributed by atoms with van der Waals surface area (Å²) >= 11 is 0. The fourth-order valence-electron chi connectivity index (χ4n) is 2.37. The zero-order valence-corrected chi connectivity index (χ0v) is 12.2. The van der Waals surface area contributed by atoms with Gasteiger partial charge in [-0.25, -0.2) is 4.98 Å². The molecule has 5 heteroatoms. The fraction of sp³-hybridized carbons (Fsp3) is 0.600. The summed E-state index contributed by atoms with van der Waals surface area (Å²) in [4.78, 5) is 18.5. The van der Waals surface area contributed by atoms with Crippen molar-refractivity contribution in [3.8, 4) is 0 Å². The van der Waals surface area contributed by atoms with Crippen molar-refractivity contribution in [2.24, 2.45) is 5.92 Å². The van der Waals surface area contributed by atoms with Gasteiger partial charge in [0, 0.05) is 31.8 Å². The first kappa shape index (κ1) is 14.9. The first-order valence-electron chi connectivity index (χ1n) is 7.00. The third-order valence-corrected chi connectivity index (χ3v) is 3.47. The van der Waals surface area contributed by atoms with E-state index in [2.05, 4.69) is 4.98 Å². The number of carbonyl (C=O) groups excluding carboxylic acids is 1. The van der Waals surface area contributed by atoms with E-state index < -0.39 is 0 Å². The van der Waals surface area contributed by atoms with Crippen LogP contribution in [0.25, 0.3) is 0 Å². The highest BCUT2D eigenvalue weighted by atomic mass is 16.5. The van der Waals surface area contributed by atoms with Gasteiger partial charge in [-0.2, -0.15) is 0 Å². The van der Waals surface area contributed by atoms with Crippen LogP contribution in [0.4, 0.5) is 0 Å². The van der Waals surface area contributed by atoms with Crippen LogP contribution in [0.1, 0.15) is 22.6 Å². The Morgan fingerprint density at radius 3 is 3.05 bits per heavy atom. The lowest BCUT2D eigenvalue weighted by molar-refractivity contribution is 0.0515. The van der Waals surface area contributed by atoms with Crippen LogP contribution in [0.15, 0.2) is 18.2 Å². The zero-order chi connectivity index (χ0) is 14.4. The predicted octanol–water partition coefficient (Wildman–Crippen LogP) is 1.52. The summed E-state index contributed by atoms with van der Waals surface area (Å²) in [5.41, 5.74) is 1.40.